The highest BCUT2D eigenvalue weighted by Crippen LogP contribution is 2.23. The molecule has 14 heavy (non-hydrogen) atoms. The fraction of sp³-hybridized carbons (Fsp3) is 0.273. The zero-order valence-corrected chi connectivity index (χ0v) is 8.77. The van der Waals surface area contributed by atoms with Gasteiger partial charge in [-0.3, -0.25) is 0 Å². The van der Waals surface area contributed by atoms with E-state index < -0.39 is 0 Å². The summed E-state index contributed by atoms with van der Waals surface area (Å²) in [6.45, 7) is 0.983. The third-order valence-corrected chi connectivity index (χ3v) is 2.40. The van der Waals surface area contributed by atoms with E-state index in [9.17, 15) is 0 Å². The van der Waals surface area contributed by atoms with Gasteiger partial charge in [-0.15, -0.1) is 0 Å². The van der Waals surface area contributed by atoms with Gasteiger partial charge in [0.05, 0.1) is 0 Å². The largest absolute Gasteiger partial charge is 0.445 e. The van der Waals surface area contributed by atoms with Gasteiger partial charge < -0.3 is 9.73 Å². The molecule has 0 aliphatic heterocycles. The smallest absolute Gasteiger partial charge is 0.194 e. The molecule has 0 spiro atoms. The molecule has 1 aromatic carbocycles. The Morgan fingerprint density at radius 3 is 3.00 bits per heavy atom. The maximum Gasteiger partial charge on any atom is 0.194 e. The zero-order chi connectivity index (χ0) is 9.97. The van der Waals surface area contributed by atoms with E-state index in [0.29, 0.717) is 5.22 Å². The van der Waals surface area contributed by atoms with Crippen molar-refractivity contribution in [2.24, 2.45) is 0 Å². The van der Waals surface area contributed by atoms with Crippen molar-refractivity contribution < 1.29 is 4.42 Å². The molecule has 74 valence electrons. The second-order valence-electron chi connectivity index (χ2n) is 3.28. The summed E-state index contributed by atoms with van der Waals surface area (Å²) in [4.78, 5) is 0. The van der Waals surface area contributed by atoms with Gasteiger partial charge in [0.15, 0.2) is 5.22 Å². The third-order valence-electron chi connectivity index (χ3n) is 2.21. The molecule has 0 unspecified atom stereocenters. The summed E-state index contributed by atoms with van der Waals surface area (Å²) in [5.41, 5.74) is 2.15. The van der Waals surface area contributed by atoms with Gasteiger partial charge in [0.2, 0.25) is 0 Å². The van der Waals surface area contributed by atoms with E-state index in [4.69, 9.17) is 16.0 Å². The Morgan fingerprint density at radius 2 is 2.21 bits per heavy atom. The van der Waals surface area contributed by atoms with Crippen molar-refractivity contribution in [3.8, 4) is 0 Å². The maximum atomic E-state index is 5.76. The first kappa shape index (κ1) is 9.56. The van der Waals surface area contributed by atoms with Crippen molar-refractivity contribution in [1.29, 1.82) is 0 Å². The summed E-state index contributed by atoms with van der Waals surface area (Å²) in [5.74, 6) is 0. The molecule has 0 aliphatic rings. The summed E-state index contributed by atoms with van der Waals surface area (Å²) in [5, 5.41) is 4.64. The first-order chi connectivity index (χ1) is 6.79. The van der Waals surface area contributed by atoms with Gasteiger partial charge in [-0.05, 0) is 49.3 Å². The Balaban J connectivity index is 2.31. The minimum absolute atomic E-state index is 0.450. The molecule has 0 saturated heterocycles. The number of nitrogens with one attached hydrogen (secondary N) is 1. The van der Waals surface area contributed by atoms with Crippen LogP contribution in [0.25, 0.3) is 11.0 Å². The highest BCUT2D eigenvalue weighted by Gasteiger charge is 2.01. The van der Waals surface area contributed by atoms with Gasteiger partial charge in [0, 0.05) is 11.5 Å². The van der Waals surface area contributed by atoms with Crippen molar-refractivity contribution in [2.75, 3.05) is 13.6 Å². The molecular formula is C11H12ClNO. The number of fused-ring (bicyclic) bond motifs is 1. The van der Waals surface area contributed by atoms with Crippen LogP contribution < -0.4 is 5.32 Å². The molecule has 1 N–H and O–H groups in total. The maximum absolute atomic E-state index is 5.76. The quantitative estimate of drug-likeness (QED) is 0.841. The summed E-state index contributed by atoms with van der Waals surface area (Å²) in [6, 6.07) is 7.99. The average Bonchev–Trinajstić information content (AvgIpc) is 2.54. The zero-order valence-electron chi connectivity index (χ0n) is 8.01. The second-order valence-corrected chi connectivity index (χ2v) is 3.65. The van der Waals surface area contributed by atoms with E-state index >= 15 is 0 Å². The predicted octanol–water partition coefficient (Wildman–Crippen LogP) is 2.85. The number of benzene rings is 1. The Labute approximate surface area is 87.9 Å². The van der Waals surface area contributed by atoms with Crippen LogP contribution in [0, 0.1) is 0 Å². The number of rotatable bonds is 3. The second kappa shape index (κ2) is 4.03. The molecule has 2 rings (SSSR count). The molecule has 0 bridgehead atoms. The van der Waals surface area contributed by atoms with Gasteiger partial charge in [-0.1, -0.05) is 6.07 Å². The van der Waals surface area contributed by atoms with Crippen molar-refractivity contribution >= 4 is 22.6 Å². The number of likely N-dealkylation sites (N-methyl/N-ethyl adjacent to an activating group) is 1. The molecule has 1 heterocycles. The number of hydrogen-bond acceptors (Lipinski definition) is 2. The van der Waals surface area contributed by atoms with Crippen molar-refractivity contribution in [3.63, 3.8) is 0 Å². The Kier molecular flexibility index (Phi) is 2.75. The molecule has 2 nitrogen and oxygen atoms in total. The lowest BCUT2D eigenvalue weighted by atomic mass is 10.1. The van der Waals surface area contributed by atoms with Crippen LogP contribution in [0.2, 0.25) is 5.22 Å². The van der Waals surface area contributed by atoms with E-state index in [1.165, 1.54) is 5.56 Å². The fourth-order valence-electron chi connectivity index (χ4n) is 1.49. The molecule has 0 aliphatic carbocycles. The molecule has 0 atom stereocenters. The molecule has 0 radical (unpaired) electrons. The minimum Gasteiger partial charge on any atom is -0.445 e. The molecule has 0 fully saturated rings. The first-order valence-corrected chi connectivity index (χ1v) is 5.00. The van der Waals surface area contributed by atoms with Crippen LogP contribution in [0.5, 0.6) is 0 Å². The van der Waals surface area contributed by atoms with E-state index in [1.807, 2.05) is 19.2 Å². The molecule has 0 saturated carbocycles. The lowest BCUT2D eigenvalue weighted by molar-refractivity contribution is 0.618. The summed E-state index contributed by atoms with van der Waals surface area (Å²) >= 11 is 5.76. The summed E-state index contributed by atoms with van der Waals surface area (Å²) in [6.07, 6.45) is 1.02. The number of halogens is 1. The normalized spacial score (nSPS) is 11.0. The lowest BCUT2D eigenvalue weighted by Crippen LogP contribution is -2.09. The summed E-state index contributed by atoms with van der Waals surface area (Å²) in [7, 11) is 1.95. The van der Waals surface area contributed by atoms with Gasteiger partial charge in [0.1, 0.15) is 5.58 Å². The molecule has 2 aromatic rings. The van der Waals surface area contributed by atoms with Crippen LogP contribution in [0.1, 0.15) is 5.56 Å². The van der Waals surface area contributed by atoms with E-state index in [1.54, 1.807) is 0 Å². The molecule has 3 heteroatoms. The lowest BCUT2D eigenvalue weighted by Gasteiger charge is -1.99. The topological polar surface area (TPSA) is 25.2 Å². The number of hydrogen-bond donors (Lipinski definition) is 1. The van der Waals surface area contributed by atoms with Crippen LogP contribution in [-0.2, 0) is 6.42 Å². The van der Waals surface area contributed by atoms with E-state index in [2.05, 4.69) is 17.4 Å². The van der Waals surface area contributed by atoms with Crippen LogP contribution >= 0.6 is 11.6 Å². The van der Waals surface area contributed by atoms with Crippen molar-refractivity contribution in [1.82, 2.24) is 5.32 Å². The standard InChI is InChI=1S/C11H12ClNO/c1-13-5-4-8-2-3-10-9(6-8)7-11(12)14-10/h2-3,6-7,13H,4-5H2,1H3. The SMILES string of the molecule is CNCCc1ccc2oc(Cl)cc2c1. The van der Waals surface area contributed by atoms with E-state index in [-0.39, 0.29) is 0 Å². The molecule has 0 amide bonds. The third kappa shape index (κ3) is 1.91. The monoisotopic (exact) mass is 209 g/mol. The van der Waals surface area contributed by atoms with Gasteiger partial charge >= 0.3 is 0 Å². The van der Waals surface area contributed by atoms with Crippen LogP contribution in [0.15, 0.2) is 28.7 Å². The summed E-state index contributed by atoms with van der Waals surface area (Å²) < 4.78 is 5.28. The van der Waals surface area contributed by atoms with Crippen molar-refractivity contribution in [3.05, 3.63) is 35.0 Å². The Morgan fingerprint density at radius 1 is 1.36 bits per heavy atom. The first-order valence-electron chi connectivity index (χ1n) is 4.62. The van der Waals surface area contributed by atoms with Crippen LogP contribution in [-0.4, -0.2) is 13.6 Å². The fourth-order valence-corrected chi connectivity index (χ4v) is 1.69. The Bertz CT molecular complexity index is 436. The average molecular weight is 210 g/mol. The Hall–Kier alpha value is -0.990. The molecule has 1 aromatic heterocycles. The van der Waals surface area contributed by atoms with Crippen molar-refractivity contribution in [2.45, 2.75) is 6.42 Å². The molecular weight excluding hydrogens is 198 g/mol. The van der Waals surface area contributed by atoms with Gasteiger partial charge in [0.25, 0.3) is 0 Å². The number of furan rings is 1. The highest BCUT2D eigenvalue weighted by atomic mass is 35.5. The van der Waals surface area contributed by atoms with E-state index in [0.717, 1.165) is 23.9 Å². The van der Waals surface area contributed by atoms with Gasteiger partial charge in [-0.25, -0.2) is 0 Å². The van der Waals surface area contributed by atoms with Crippen LogP contribution in [0.4, 0.5) is 0 Å². The van der Waals surface area contributed by atoms with Crippen LogP contribution in [0.3, 0.4) is 0 Å². The highest BCUT2D eigenvalue weighted by molar-refractivity contribution is 6.29. The predicted molar refractivity (Wildman–Crippen MR) is 58.9 cm³/mol. The minimum atomic E-state index is 0.450. The van der Waals surface area contributed by atoms with Gasteiger partial charge in [-0.2, -0.15) is 0 Å².